The van der Waals surface area contributed by atoms with Crippen LogP contribution >= 0.6 is 0 Å². The molecule has 1 heterocycles. The molecule has 25 heavy (non-hydrogen) atoms. The van der Waals surface area contributed by atoms with Gasteiger partial charge in [-0.3, -0.25) is 0 Å². The molecule has 3 rings (SSSR count). The Bertz CT molecular complexity index is 880. The van der Waals surface area contributed by atoms with Gasteiger partial charge in [-0.1, -0.05) is 24.3 Å². The molecule has 1 aliphatic rings. The van der Waals surface area contributed by atoms with Crippen molar-refractivity contribution in [3.05, 3.63) is 54.1 Å². The Morgan fingerprint density at radius 2 is 1.92 bits per heavy atom. The Morgan fingerprint density at radius 1 is 1.20 bits per heavy atom. The van der Waals surface area contributed by atoms with E-state index in [4.69, 9.17) is 9.84 Å². The molecule has 2 aromatic carbocycles. The average molecular weight is 361 g/mol. The number of ether oxygens (including phenoxy) is 1. The van der Waals surface area contributed by atoms with Crippen LogP contribution in [0.25, 0.3) is 0 Å². The molecule has 0 saturated carbocycles. The molecule has 1 aliphatic heterocycles. The van der Waals surface area contributed by atoms with Crippen molar-refractivity contribution in [2.24, 2.45) is 0 Å². The average Bonchev–Trinajstić information content (AvgIpc) is 2.61. The zero-order valence-electron chi connectivity index (χ0n) is 13.8. The largest absolute Gasteiger partial charge is 0.488 e. The number of rotatable bonds is 4. The number of sulfone groups is 1. The molecule has 0 fully saturated rings. The molecular formula is C18H19NO5S. The first kappa shape index (κ1) is 17.3. The van der Waals surface area contributed by atoms with E-state index in [1.54, 1.807) is 42.5 Å². The zero-order valence-corrected chi connectivity index (χ0v) is 14.6. The number of fused-ring (bicyclic) bond motifs is 1. The van der Waals surface area contributed by atoms with Gasteiger partial charge in [0, 0.05) is 7.05 Å². The maximum atomic E-state index is 12.7. The van der Waals surface area contributed by atoms with E-state index in [9.17, 15) is 13.2 Å². The van der Waals surface area contributed by atoms with Gasteiger partial charge < -0.3 is 14.7 Å². The fourth-order valence-electron chi connectivity index (χ4n) is 2.82. The second-order valence-corrected chi connectivity index (χ2v) is 7.98. The Balaban J connectivity index is 1.86. The van der Waals surface area contributed by atoms with Crippen LogP contribution in [0, 0.1) is 0 Å². The van der Waals surface area contributed by atoms with Gasteiger partial charge in [0.25, 0.3) is 0 Å². The predicted octanol–water partition coefficient (Wildman–Crippen LogP) is 2.82. The van der Waals surface area contributed by atoms with E-state index in [-0.39, 0.29) is 22.4 Å². The minimum absolute atomic E-state index is 0.171. The molecule has 6 nitrogen and oxygen atoms in total. The molecule has 0 saturated heterocycles. The fourth-order valence-corrected chi connectivity index (χ4v) is 4.12. The normalized spacial score (nSPS) is 16.6. The van der Waals surface area contributed by atoms with E-state index in [2.05, 4.69) is 0 Å². The molecule has 1 atom stereocenters. The fraction of sp³-hybridized carbons (Fsp3) is 0.278. The van der Waals surface area contributed by atoms with Crippen LogP contribution in [-0.4, -0.2) is 44.2 Å². The van der Waals surface area contributed by atoms with E-state index in [0.29, 0.717) is 12.2 Å². The number of benzene rings is 2. The summed E-state index contributed by atoms with van der Waals surface area (Å²) in [5, 5.41) is 8.98. The number of nitrogens with zero attached hydrogens (tertiary/aromatic N) is 1. The van der Waals surface area contributed by atoms with Crippen molar-refractivity contribution >= 4 is 15.9 Å². The van der Waals surface area contributed by atoms with E-state index in [0.717, 1.165) is 12.0 Å². The molecule has 132 valence electrons. The van der Waals surface area contributed by atoms with Crippen molar-refractivity contribution < 1.29 is 23.1 Å². The summed E-state index contributed by atoms with van der Waals surface area (Å²) >= 11 is 0. The van der Waals surface area contributed by atoms with Crippen molar-refractivity contribution in [1.82, 2.24) is 4.90 Å². The summed E-state index contributed by atoms with van der Waals surface area (Å²) in [5.74, 6) is 0.507. The van der Waals surface area contributed by atoms with Crippen molar-refractivity contribution in [2.45, 2.75) is 28.7 Å². The number of hydrogen-bond donors (Lipinski definition) is 1. The first-order chi connectivity index (χ1) is 11.9. The number of aryl methyl sites for hydroxylation is 1. The van der Waals surface area contributed by atoms with Gasteiger partial charge in [-0.25, -0.2) is 13.2 Å². The highest BCUT2D eigenvalue weighted by atomic mass is 32.2. The van der Waals surface area contributed by atoms with Crippen molar-refractivity contribution in [2.75, 3.05) is 13.6 Å². The van der Waals surface area contributed by atoms with Crippen LogP contribution in [-0.2, 0) is 16.3 Å². The van der Waals surface area contributed by atoms with Crippen molar-refractivity contribution in [3.63, 3.8) is 0 Å². The molecule has 0 aliphatic carbocycles. The molecule has 1 unspecified atom stereocenters. The number of likely N-dealkylation sites (N-methyl/N-ethyl adjacent to an activating group) is 1. The topological polar surface area (TPSA) is 83.9 Å². The first-order valence-corrected chi connectivity index (χ1v) is 9.40. The third-order valence-corrected chi connectivity index (χ3v) is 6.00. The Morgan fingerprint density at radius 3 is 2.60 bits per heavy atom. The Hall–Kier alpha value is -2.54. The van der Waals surface area contributed by atoms with E-state index >= 15 is 0 Å². The van der Waals surface area contributed by atoms with Crippen LogP contribution in [0.4, 0.5) is 4.79 Å². The van der Waals surface area contributed by atoms with Crippen LogP contribution < -0.4 is 4.74 Å². The van der Waals surface area contributed by atoms with Crippen LogP contribution in [0.5, 0.6) is 5.75 Å². The van der Waals surface area contributed by atoms with Gasteiger partial charge >= 0.3 is 6.09 Å². The van der Waals surface area contributed by atoms with Gasteiger partial charge in [-0.05, 0) is 42.7 Å². The molecule has 1 N–H and O–H groups in total. The van der Waals surface area contributed by atoms with E-state index in [1.165, 1.54) is 18.0 Å². The lowest BCUT2D eigenvalue weighted by atomic mass is 10.0. The quantitative estimate of drug-likeness (QED) is 0.905. The van der Waals surface area contributed by atoms with Crippen LogP contribution in [0.15, 0.2) is 58.3 Å². The second-order valence-electron chi connectivity index (χ2n) is 6.03. The van der Waals surface area contributed by atoms with Gasteiger partial charge in [-0.2, -0.15) is 0 Å². The summed E-state index contributed by atoms with van der Waals surface area (Å²) in [4.78, 5) is 12.5. The highest BCUT2D eigenvalue weighted by molar-refractivity contribution is 7.91. The smallest absolute Gasteiger partial charge is 0.407 e. The van der Waals surface area contributed by atoms with Gasteiger partial charge in [0.1, 0.15) is 11.9 Å². The molecular weight excluding hydrogens is 342 g/mol. The Labute approximate surface area is 146 Å². The van der Waals surface area contributed by atoms with Gasteiger partial charge in [-0.15, -0.1) is 0 Å². The zero-order chi connectivity index (χ0) is 18.0. The molecule has 0 aromatic heterocycles. The summed E-state index contributed by atoms with van der Waals surface area (Å²) in [6.07, 6.45) is 0.104. The summed E-state index contributed by atoms with van der Waals surface area (Å²) in [7, 11) is -2.13. The monoisotopic (exact) mass is 361 g/mol. The van der Waals surface area contributed by atoms with Crippen LogP contribution in [0.3, 0.4) is 0 Å². The summed E-state index contributed by atoms with van der Waals surface area (Å²) in [6.45, 7) is 0.241. The third kappa shape index (κ3) is 3.61. The molecule has 1 amide bonds. The highest BCUT2D eigenvalue weighted by Gasteiger charge is 2.25. The maximum absolute atomic E-state index is 12.7. The van der Waals surface area contributed by atoms with Gasteiger partial charge in [0.15, 0.2) is 0 Å². The van der Waals surface area contributed by atoms with Gasteiger partial charge in [0.2, 0.25) is 9.84 Å². The number of amides is 1. The lowest BCUT2D eigenvalue weighted by molar-refractivity contribution is 0.109. The minimum Gasteiger partial charge on any atom is -0.488 e. The van der Waals surface area contributed by atoms with Crippen LogP contribution in [0.1, 0.15) is 12.0 Å². The summed E-state index contributed by atoms with van der Waals surface area (Å²) in [5.41, 5.74) is 0.932. The summed E-state index contributed by atoms with van der Waals surface area (Å²) < 4.78 is 31.3. The van der Waals surface area contributed by atoms with Gasteiger partial charge in [0.05, 0.1) is 16.3 Å². The standard InChI is InChI=1S/C18H19NO5S/c1-19(18(20)21)12-14-9-7-13-8-10-16(11-17(13)24-14)25(22,23)15-5-3-2-4-6-15/h2-6,8,10-11,14H,7,9,12H2,1H3,(H,20,21). The van der Waals surface area contributed by atoms with E-state index in [1.807, 2.05) is 0 Å². The minimum atomic E-state index is -3.61. The van der Waals surface area contributed by atoms with Crippen molar-refractivity contribution in [1.29, 1.82) is 0 Å². The molecule has 7 heteroatoms. The molecule has 0 bridgehead atoms. The lowest BCUT2D eigenvalue weighted by Gasteiger charge is -2.28. The number of carboxylic acid groups (broad SMARTS) is 1. The molecule has 2 aromatic rings. The van der Waals surface area contributed by atoms with Crippen molar-refractivity contribution in [3.8, 4) is 5.75 Å². The summed E-state index contributed by atoms with van der Waals surface area (Å²) in [6, 6.07) is 13.1. The first-order valence-electron chi connectivity index (χ1n) is 7.91. The Kier molecular flexibility index (Phi) is 4.67. The SMILES string of the molecule is CN(CC1CCc2ccc(S(=O)(=O)c3ccccc3)cc2O1)C(=O)O. The predicted molar refractivity (Wildman–Crippen MR) is 91.7 cm³/mol. The third-order valence-electron chi connectivity index (χ3n) is 4.24. The van der Waals surface area contributed by atoms with E-state index < -0.39 is 15.9 Å². The second kappa shape index (κ2) is 6.76. The molecule has 0 radical (unpaired) electrons. The van der Waals surface area contributed by atoms with Crippen LogP contribution in [0.2, 0.25) is 0 Å². The highest BCUT2D eigenvalue weighted by Crippen LogP contribution is 2.32. The molecule has 0 spiro atoms. The number of hydrogen-bond acceptors (Lipinski definition) is 4. The lowest BCUT2D eigenvalue weighted by Crippen LogP contribution is -2.38. The number of carbonyl (C=O) groups is 1. The maximum Gasteiger partial charge on any atom is 0.407 e.